The van der Waals surface area contributed by atoms with E-state index < -0.39 is 0 Å². The molecule has 0 saturated heterocycles. The normalized spacial score (nSPS) is 16.1. The lowest BCUT2D eigenvalue weighted by molar-refractivity contribution is 0.255. The summed E-state index contributed by atoms with van der Waals surface area (Å²) in [4.78, 5) is 0. The van der Waals surface area contributed by atoms with Crippen LogP contribution in [0.15, 0.2) is 40.9 Å². The van der Waals surface area contributed by atoms with Crippen molar-refractivity contribution in [2.75, 3.05) is 6.61 Å². The van der Waals surface area contributed by atoms with Crippen LogP contribution in [0.2, 0.25) is 0 Å². The van der Waals surface area contributed by atoms with E-state index >= 15 is 0 Å². The van der Waals surface area contributed by atoms with Gasteiger partial charge in [-0.15, -0.1) is 0 Å². The maximum Gasteiger partial charge on any atom is 0.133 e. The number of benzene rings is 1. The molecule has 0 atom stereocenters. The number of rotatable bonds is 3. The molecule has 0 spiro atoms. The highest BCUT2D eigenvalue weighted by Crippen LogP contribution is 2.26. The lowest BCUT2D eigenvalue weighted by atomic mass is 10.1. The minimum absolute atomic E-state index is 0.669. The Kier molecular flexibility index (Phi) is 3.25. The number of hydrogen-bond donors (Lipinski definition) is 0. The van der Waals surface area contributed by atoms with Crippen molar-refractivity contribution in [3.63, 3.8) is 0 Å². The zero-order chi connectivity index (χ0) is 9.80. The van der Waals surface area contributed by atoms with Crippen LogP contribution in [-0.2, 0) is 0 Å². The Balaban J connectivity index is 1.88. The zero-order valence-corrected chi connectivity index (χ0v) is 9.53. The number of hydrogen-bond acceptors (Lipinski definition) is 1. The zero-order valence-electron chi connectivity index (χ0n) is 7.95. The highest BCUT2D eigenvalue weighted by Gasteiger charge is 2.11. The first-order valence-electron chi connectivity index (χ1n) is 4.88. The monoisotopic (exact) mass is 252 g/mol. The summed E-state index contributed by atoms with van der Waals surface area (Å²) in [5.74, 6) is 1.61. The van der Waals surface area contributed by atoms with Gasteiger partial charge in [-0.05, 0) is 46.8 Å². The molecule has 0 saturated carbocycles. The molecule has 74 valence electrons. The first-order valence-corrected chi connectivity index (χ1v) is 5.68. The van der Waals surface area contributed by atoms with Crippen LogP contribution in [0.1, 0.15) is 12.8 Å². The molecule has 0 aliphatic heterocycles. The van der Waals surface area contributed by atoms with Crippen molar-refractivity contribution in [1.82, 2.24) is 0 Å². The van der Waals surface area contributed by atoms with Crippen molar-refractivity contribution in [1.29, 1.82) is 0 Å². The van der Waals surface area contributed by atoms with Crippen LogP contribution in [0, 0.1) is 5.92 Å². The molecular weight excluding hydrogens is 240 g/mol. The van der Waals surface area contributed by atoms with Crippen molar-refractivity contribution >= 4 is 15.9 Å². The molecule has 1 aromatic carbocycles. The van der Waals surface area contributed by atoms with Gasteiger partial charge in [-0.25, -0.2) is 0 Å². The summed E-state index contributed by atoms with van der Waals surface area (Å²) >= 11 is 3.47. The standard InChI is InChI=1S/C12H13BrO/c13-11-7-3-4-8-12(11)14-9-10-5-1-2-6-10/h1-4,7-8,10H,5-6,9H2. The van der Waals surface area contributed by atoms with Gasteiger partial charge in [0.15, 0.2) is 0 Å². The third-order valence-corrected chi connectivity index (χ3v) is 3.07. The quantitative estimate of drug-likeness (QED) is 0.744. The molecule has 1 aliphatic rings. The molecule has 0 bridgehead atoms. The molecule has 2 heteroatoms. The van der Waals surface area contributed by atoms with E-state index in [2.05, 4.69) is 28.1 Å². The molecule has 1 aromatic rings. The molecule has 1 nitrogen and oxygen atoms in total. The Hall–Kier alpha value is -0.760. The molecule has 0 aromatic heterocycles. The van der Waals surface area contributed by atoms with Crippen LogP contribution in [0.25, 0.3) is 0 Å². The molecule has 1 aliphatic carbocycles. The minimum atomic E-state index is 0.669. The fourth-order valence-corrected chi connectivity index (χ4v) is 1.98. The van der Waals surface area contributed by atoms with E-state index in [0.29, 0.717) is 5.92 Å². The number of allylic oxidation sites excluding steroid dienone is 2. The lowest BCUT2D eigenvalue weighted by Gasteiger charge is -2.12. The van der Waals surface area contributed by atoms with Crippen LogP contribution in [0.3, 0.4) is 0 Å². The van der Waals surface area contributed by atoms with Gasteiger partial charge in [0.1, 0.15) is 5.75 Å². The van der Waals surface area contributed by atoms with E-state index in [-0.39, 0.29) is 0 Å². The Morgan fingerprint density at radius 3 is 2.64 bits per heavy atom. The predicted octanol–water partition coefficient (Wildman–Crippen LogP) is 3.79. The summed E-state index contributed by atoms with van der Waals surface area (Å²) in [5.41, 5.74) is 0. The van der Waals surface area contributed by atoms with Crippen molar-refractivity contribution in [2.24, 2.45) is 5.92 Å². The Morgan fingerprint density at radius 2 is 1.93 bits per heavy atom. The maximum absolute atomic E-state index is 5.73. The lowest BCUT2D eigenvalue weighted by Crippen LogP contribution is -2.08. The predicted molar refractivity (Wildman–Crippen MR) is 61.5 cm³/mol. The van der Waals surface area contributed by atoms with Crippen molar-refractivity contribution < 1.29 is 4.74 Å². The highest BCUT2D eigenvalue weighted by molar-refractivity contribution is 9.10. The Bertz CT molecular complexity index is 325. The van der Waals surface area contributed by atoms with Gasteiger partial charge in [0.2, 0.25) is 0 Å². The van der Waals surface area contributed by atoms with Gasteiger partial charge in [-0.2, -0.15) is 0 Å². The first-order chi connectivity index (χ1) is 6.86. The molecule has 0 fully saturated rings. The Labute approximate surface area is 92.9 Å². The molecular formula is C12H13BrO. The summed E-state index contributed by atoms with van der Waals surface area (Å²) in [6.45, 7) is 0.815. The van der Waals surface area contributed by atoms with Gasteiger partial charge in [-0.1, -0.05) is 24.3 Å². The average molecular weight is 253 g/mol. The van der Waals surface area contributed by atoms with Crippen LogP contribution in [0.4, 0.5) is 0 Å². The van der Waals surface area contributed by atoms with E-state index in [9.17, 15) is 0 Å². The second-order valence-corrected chi connectivity index (χ2v) is 4.40. The SMILES string of the molecule is Brc1ccccc1OCC1CC=CC1. The fourth-order valence-electron chi connectivity index (χ4n) is 1.58. The van der Waals surface area contributed by atoms with Crippen LogP contribution in [-0.4, -0.2) is 6.61 Å². The first kappa shape index (κ1) is 9.78. The van der Waals surface area contributed by atoms with Gasteiger partial charge >= 0.3 is 0 Å². The van der Waals surface area contributed by atoms with E-state index in [0.717, 1.165) is 29.7 Å². The number of halogens is 1. The summed E-state index contributed by atoms with van der Waals surface area (Å²) in [7, 11) is 0. The van der Waals surface area contributed by atoms with Crippen LogP contribution in [0.5, 0.6) is 5.75 Å². The van der Waals surface area contributed by atoms with Crippen molar-refractivity contribution in [3.8, 4) is 5.75 Å². The fraction of sp³-hybridized carbons (Fsp3) is 0.333. The van der Waals surface area contributed by atoms with Gasteiger partial charge in [0.25, 0.3) is 0 Å². The van der Waals surface area contributed by atoms with E-state index in [1.54, 1.807) is 0 Å². The molecule has 0 unspecified atom stereocenters. The van der Waals surface area contributed by atoms with Gasteiger partial charge in [-0.3, -0.25) is 0 Å². The molecule has 14 heavy (non-hydrogen) atoms. The minimum Gasteiger partial charge on any atom is -0.492 e. The number of ether oxygens (including phenoxy) is 1. The van der Waals surface area contributed by atoms with E-state index in [4.69, 9.17) is 4.74 Å². The van der Waals surface area contributed by atoms with Crippen molar-refractivity contribution in [3.05, 3.63) is 40.9 Å². The third-order valence-electron chi connectivity index (χ3n) is 2.42. The molecule has 0 N–H and O–H groups in total. The molecule has 2 rings (SSSR count). The van der Waals surface area contributed by atoms with E-state index in [1.807, 2.05) is 24.3 Å². The summed E-state index contributed by atoms with van der Waals surface area (Å²) < 4.78 is 6.77. The number of para-hydroxylation sites is 1. The van der Waals surface area contributed by atoms with E-state index in [1.165, 1.54) is 0 Å². The maximum atomic E-state index is 5.73. The third kappa shape index (κ3) is 2.38. The summed E-state index contributed by atoms with van der Waals surface area (Å²) in [6.07, 6.45) is 6.77. The largest absolute Gasteiger partial charge is 0.492 e. The van der Waals surface area contributed by atoms with Gasteiger partial charge in [0, 0.05) is 0 Å². The Morgan fingerprint density at radius 1 is 1.21 bits per heavy atom. The highest BCUT2D eigenvalue weighted by atomic mass is 79.9. The summed E-state index contributed by atoms with van der Waals surface area (Å²) in [5, 5.41) is 0. The average Bonchev–Trinajstić information content (AvgIpc) is 2.69. The van der Waals surface area contributed by atoms with Crippen LogP contribution < -0.4 is 4.74 Å². The topological polar surface area (TPSA) is 9.23 Å². The smallest absolute Gasteiger partial charge is 0.133 e. The van der Waals surface area contributed by atoms with Crippen molar-refractivity contribution in [2.45, 2.75) is 12.8 Å². The molecule has 0 amide bonds. The molecule has 0 radical (unpaired) electrons. The van der Waals surface area contributed by atoms with Crippen LogP contribution >= 0.6 is 15.9 Å². The second-order valence-electron chi connectivity index (χ2n) is 3.55. The summed E-state index contributed by atoms with van der Waals surface area (Å²) in [6, 6.07) is 7.98. The van der Waals surface area contributed by atoms with Gasteiger partial charge < -0.3 is 4.74 Å². The molecule has 0 heterocycles. The second kappa shape index (κ2) is 4.65. The van der Waals surface area contributed by atoms with Gasteiger partial charge in [0.05, 0.1) is 11.1 Å².